The van der Waals surface area contributed by atoms with E-state index in [4.69, 9.17) is 5.11 Å². The number of hydrogen-bond acceptors (Lipinski definition) is 4. The Morgan fingerprint density at radius 2 is 1.94 bits per heavy atom. The second-order valence-corrected chi connectivity index (χ2v) is 5.05. The van der Waals surface area contributed by atoms with Gasteiger partial charge in [0.1, 0.15) is 0 Å². The van der Waals surface area contributed by atoms with E-state index in [1.807, 2.05) is 0 Å². The largest absolute Gasteiger partial charge is 0.478 e. The van der Waals surface area contributed by atoms with Gasteiger partial charge in [-0.15, -0.1) is 4.47 Å². The summed E-state index contributed by atoms with van der Waals surface area (Å²) in [6, 6.07) is 5.32. The zero-order valence-corrected chi connectivity index (χ0v) is 9.31. The molecule has 0 spiro atoms. The van der Waals surface area contributed by atoms with E-state index in [1.165, 1.54) is 31.2 Å². The number of carboxylic acids is 1. The Hall–Kier alpha value is -1.60. The molecule has 2 N–H and O–H groups in total. The van der Waals surface area contributed by atoms with E-state index >= 15 is 0 Å². The summed E-state index contributed by atoms with van der Waals surface area (Å²) in [5, 5.41) is 18.3. The summed E-state index contributed by atoms with van der Waals surface area (Å²) in [7, 11) is -3.88. The molecule has 0 aliphatic heterocycles. The normalized spacial score (nSPS) is 11.1. The van der Waals surface area contributed by atoms with Crippen LogP contribution >= 0.6 is 0 Å². The fourth-order valence-corrected chi connectivity index (χ4v) is 1.80. The van der Waals surface area contributed by atoms with Gasteiger partial charge in [0.25, 0.3) is 10.0 Å². The van der Waals surface area contributed by atoms with Crippen molar-refractivity contribution < 1.29 is 23.5 Å². The summed E-state index contributed by atoms with van der Waals surface area (Å²) >= 11 is 0. The van der Waals surface area contributed by atoms with Crippen molar-refractivity contribution in [3.63, 3.8) is 0 Å². The van der Waals surface area contributed by atoms with Crippen molar-refractivity contribution in [3.8, 4) is 0 Å². The van der Waals surface area contributed by atoms with E-state index in [1.54, 1.807) is 0 Å². The first-order valence-corrected chi connectivity index (χ1v) is 6.05. The van der Waals surface area contributed by atoms with Crippen molar-refractivity contribution in [2.75, 3.05) is 10.2 Å². The number of rotatable bonds is 4. The van der Waals surface area contributed by atoms with Crippen LogP contribution in [0.1, 0.15) is 17.3 Å². The average Bonchev–Trinajstić information content (AvgIpc) is 2.28. The maximum atomic E-state index is 11.4. The molecular weight excluding hydrogens is 234 g/mol. The fraction of sp³-hybridized carbons (Fsp3) is 0.222. The lowest BCUT2D eigenvalue weighted by Crippen LogP contribution is -2.30. The number of benzene rings is 1. The third-order valence-electron chi connectivity index (χ3n) is 1.97. The number of hydrogen-bond donors (Lipinski definition) is 2. The van der Waals surface area contributed by atoms with Crippen LogP contribution in [0.5, 0.6) is 0 Å². The summed E-state index contributed by atoms with van der Waals surface area (Å²) < 4.78 is 22.7. The Labute approximate surface area is 92.8 Å². The van der Waals surface area contributed by atoms with Crippen LogP contribution in [0.25, 0.3) is 0 Å². The molecule has 1 rings (SSSR count). The van der Waals surface area contributed by atoms with Crippen LogP contribution in [0.15, 0.2) is 24.3 Å². The van der Waals surface area contributed by atoms with Crippen LogP contribution in [0.4, 0.5) is 5.69 Å². The van der Waals surface area contributed by atoms with E-state index in [2.05, 4.69) is 0 Å². The second-order valence-electron chi connectivity index (χ2n) is 2.97. The first-order valence-electron chi connectivity index (χ1n) is 4.44. The lowest BCUT2D eigenvalue weighted by atomic mass is 10.2. The zero-order valence-electron chi connectivity index (χ0n) is 8.49. The molecule has 0 radical (unpaired) electrons. The number of para-hydroxylation sites is 1. The molecule has 0 unspecified atom stereocenters. The van der Waals surface area contributed by atoms with E-state index in [0.717, 1.165) is 0 Å². The molecule has 0 fully saturated rings. The molecule has 0 aliphatic carbocycles. The molecule has 1 aromatic rings. The number of carbonyl (C=O) groups is 1. The molecule has 0 atom stereocenters. The van der Waals surface area contributed by atoms with Crippen LogP contribution in [0, 0.1) is 0 Å². The third-order valence-corrected chi connectivity index (χ3v) is 3.42. The number of carboxylic acid groups (broad SMARTS) is 1. The highest BCUT2D eigenvalue weighted by Crippen LogP contribution is 2.21. The minimum Gasteiger partial charge on any atom is -0.478 e. The lowest BCUT2D eigenvalue weighted by molar-refractivity contribution is 0.0696. The molecule has 7 heteroatoms. The van der Waals surface area contributed by atoms with Gasteiger partial charge in [-0.05, 0) is 19.1 Å². The van der Waals surface area contributed by atoms with Crippen molar-refractivity contribution in [2.24, 2.45) is 0 Å². The number of sulfonamides is 1. The fourth-order valence-electron chi connectivity index (χ4n) is 1.09. The highest BCUT2D eigenvalue weighted by atomic mass is 32.2. The molecule has 0 amide bonds. The second kappa shape index (κ2) is 4.50. The van der Waals surface area contributed by atoms with Gasteiger partial charge in [-0.2, -0.15) is 0 Å². The summed E-state index contributed by atoms with van der Waals surface area (Å²) in [5.41, 5.74) is -0.543. The Balaban J connectivity index is 3.29. The predicted octanol–water partition coefficient (Wildman–Crippen LogP) is 0.930. The molecule has 88 valence electrons. The van der Waals surface area contributed by atoms with Gasteiger partial charge in [0, 0.05) is 0 Å². The van der Waals surface area contributed by atoms with Gasteiger partial charge >= 0.3 is 5.97 Å². The zero-order chi connectivity index (χ0) is 12.3. The van der Waals surface area contributed by atoms with Gasteiger partial charge in [-0.3, -0.25) is 5.21 Å². The number of nitrogens with zero attached hydrogens (tertiary/aromatic N) is 1. The maximum absolute atomic E-state index is 11.4. The summed E-state index contributed by atoms with van der Waals surface area (Å²) in [6.45, 7) is 1.35. The smallest absolute Gasteiger partial charge is 0.337 e. The number of anilines is 1. The Morgan fingerprint density at radius 3 is 2.44 bits per heavy atom. The Morgan fingerprint density at radius 1 is 1.38 bits per heavy atom. The van der Waals surface area contributed by atoms with Crippen molar-refractivity contribution in [1.82, 2.24) is 0 Å². The van der Waals surface area contributed by atoms with Crippen LogP contribution in [0.2, 0.25) is 0 Å². The predicted molar refractivity (Wildman–Crippen MR) is 57.1 cm³/mol. The van der Waals surface area contributed by atoms with Crippen LogP contribution in [0.3, 0.4) is 0 Å². The third kappa shape index (κ3) is 2.31. The van der Waals surface area contributed by atoms with Crippen molar-refractivity contribution in [1.29, 1.82) is 0 Å². The molecule has 6 nitrogen and oxygen atoms in total. The molecule has 0 heterocycles. The van der Waals surface area contributed by atoms with E-state index in [0.29, 0.717) is 0 Å². The van der Waals surface area contributed by atoms with Gasteiger partial charge in [0.15, 0.2) is 0 Å². The molecule has 0 aliphatic rings. The lowest BCUT2D eigenvalue weighted by Gasteiger charge is -2.17. The average molecular weight is 245 g/mol. The summed E-state index contributed by atoms with van der Waals surface area (Å²) in [6.07, 6.45) is 0. The Bertz CT molecular complexity index is 496. The quantitative estimate of drug-likeness (QED) is 0.769. The van der Waals surface area contributed by atoms with E-state index < -0.39 is 16.0 Å². The molecule has 16 heavy (non-hydrogen) atoms. The van der Waals surface area contributed by atoms with Gasteiger partial charge in [-0.25, -0.2) is 13.2 Å². The molecule has 0 saturated carbocycles. The summed E-state index contributed by atoms with van der Waals surface area (Å²) in [5.74, 6) is -1.63. The first-order chi connectivity index (χ1) is 7.40. The molecule has 0 bridgehead atoms. The van der Waals surface area contributed by atoms with Crippen molar-refractivity contribution >= 4 is 21.7 Å². The van der Waals surface area contributed by atoms with Gasteiger partial charge in [0.2, 0.25) is 0 Å². The number of aromatic carboxylic acids is 1. The first kappa shape index (κ1) is 12.5. The van der Waals surface area contributed by atoms with Gasteiger partial charge in [0.05, 0.1) is 17.0 Å². The van der Waals surface area contributed by atoms with E-state index in [9.17, 15) is 18.4 Å². The minimum absolute atomic E-state index is 0.00352. The van der Waals surface area contributed by atoms with Crippen molar-refractivity contribution in [3.05, 3.63) is 29.8 Å². The van der Waals surface area contributed by atoms with Crippen molar-refractivity contribution in [2.45, 2.75) is 6.92 Å². The topological polar surface area (TPSA) is 94.9 Å². The highest BCUT2D eigenvalue weighted by molar-refractivity contribution is 7.92. The van der Waals surface area contributed by atoms with Crippen LogP contribution in [-0.4, -0.2) is 30.5 Å². The molecule has 0 saturated heterocycles. The van der Waals surface area contributed by atoms with Crippen LogP contribution in [-0.2, 0) is 10.0 Å². The molecule has 1 aromatic carbocycles. The Kier molecular flexibility index (Phi) is 3.51. The van der Waals surface area contributed by atoms with Gasteiger partial charge in [-0.1, -0.05) is 12.1 Å². The monoisotopic (exact) mass is 245 g/mol. The highest BCUT2D eigenvalue weighted by Gasteiger charge is 2.23. The van der Waals surface area contributed by atoms with E-state index in [-0.39, 0.29) is 21.5 Å². The molecular formula is C9H11NO5S. The minimum atomic E-state index is -3.88. The molecule has 0 aromatic heterocycles. The van der Waals surface area contributed by atoms with Crippen LogP contribution < -0.4 is 4.47 Å². The SMILES string of the molecule is CCS(=O)(=O)N(O)c1ccccc1C(=O)O. The van der Waals surface area contributed by atoms with Gasteiger partial charge < -0.3 is 5.11 Å². The standard InChI is InChI=1S/C9H11NO5S/c1-2-16(14,15)10(13)8-6-4-3-5-7(8)9(11)12/h3-6,13H,2H2,1H3,(H,11,12). The summed E-state index contributed by atoms with van der Waals surface area (Å²) in [4.78, 5) is 10.8. The maximum Gasteiger partial charge on any atom is 0.337 e.